The Morgan fingerprint density at radius 2 is 2.00 bits per heavy atom. The van der Waals surface area contributed by atoms with Crippen LogP contribution in [0.5, 0.6) is 0 Å². The van der Waals surface area contributed by atoms with Gasteiger partial charge in [-0.25, -0.2) is 0 Å². The molecule has 2 rings (SSSR count). The highest BCUT2D eigenvalue weighted by Crippen LogP contribution is 2.31. The molecule has 0 aliphatic carbocycles. The van der Waals surface area contributed by atoms with Crippen LogP contribution in [-0.4, -0.2) is 15.3 Å². The molecule has 0 saturated carbocycles. The van der Waals surface area contributed by atoms with Gasteiger partial charge in [0.1, 0.15) is 6.61 Å². The first-order valence-electron chi connectivity index (χ1n) is 4.61. The first-order valence-corrected chi connectivity index (χ1v) is 4.61. The lowest BCUT2D eigenvalue weighted by atomic mass is 10.1. The quantitative estimate of drug-likeness (QED) is 0.880. The summed E-state index contributed by atoms with van der Waals surface area (Å²) in [5.74, 6) is -0.0995. The van der Waals surface area contributed by atoms with E-state index in [1.54, 1.807) is 0 Å². The standard InChI is InChI=1S/C10H7F3N2O2/c11-10(12,13)7-3-1-2-6(4-7)9-15-14-8(5-16)17-9/h1-4,16H,5H2. The monoisotopic (exact) mass is 244 g/mol. The Kier molecular flexibility index (Phi) is 2.84. The van der Waals surface area contributed by atoms with Crippen LogP contribution in [0, 0.1) is 0 Å². The molecule has 4 nitrogen and oxygen atoms in total. The fourth-order valence-electron chi connectivity index (χ4n) is 1.26. The second kappa shape index (κ2) is 4.17. The molecule has 0 fully saturated rings. The van der Waals surface area contributed by atoms with Gasteiger partial charge in [0, 0.05) is 5.56 Å². The average Bonchev–Trinajstić information content (AvgIpc) is 2.76. The maximum absolute atomic E-state index is 12.4. The largest absolute Gasteiger partial charge is 0.418 e. The molecule has 0 unspecified atom stereocenters. The second-order valence-corrected chi connectivity index (χ2v) is 3.24. The molecule has 7 heteroatoms. The van der Waals surface area contributed by atoms with Gasteiger partial charge >= 0.3 is 6.18 Å². The number of rotatable bonds is 2. The van der Waals surface area contributed by atoms with E-state index in [1.165, 1.54) is 12.1 Å². The highest BCUT2D eigenvalue weighted by molar-refractivity contribution is 5.54. The normalized spacial score (nSPS) is 11.8. The van der Waals surface area contributed by atoms with Crippen LogP contribution in [0.15, 0.2) is 28.7 Å². The van der Waals surface area contributed by atoms with Crippen LogP contribution in [0.25, 0.3) is 11.5 Å². The van der Waals surface area contributed by atoms with E-state index in [2.05, 4.69) is 10.2 Å². The molecule has 0 aliphatic heterocycles. The predicted octanol–water partition coefficient (Wildman–Crippen LogP) is 2.25. The van der Waals surface area contributed by atoms with Crippen LogP contribution in [0.3, 0.4) is 0 Å². The average molecular weight is 244 g/mol. The van der Waals surface area contributed by atoms with E-state index in [4.69, 9.17) is 9.52 Å². The number of aliphatic hydroxyl groups is 1. The van der Waals surface area contributed by atoms with Crippen LogP contribution in [0.2, 0.25) is 0 Å². The van der Waals surface area contributed by atoms with Gasteiger partial charge in [-0.15, -0.1) is 10.2 Å². The van der Waals surface area contributed by atoms with Crippen molar-refractivity contribution in [1.82, 2.24) is 10.2 Å². The van der Waals surface area contributed by atoms with Crippen LogP contribution in [-0.2, 0) is 12.8 Å². The molecule has 0 saturated heterocycles. The number of hydrogen-bond acceptors (Lipinski definition) is 4. The predicted molar refractivity (Wildman–Crippen MR) is 50.7 cm³/mol. The maximum Gasteiger partial charge on any atom is 0.416 e. The van der Waals surface area contributed by atoms with Gasteiger partial charge in [0.05, 0.1) is 5.56 Å². The highest BCUT2D eigenvalue weighted by atomic mass is 19.4. The topological polar surface area (TPSA) is 59.2 Å². The molecule has 0 atom stereocenters. The Bertz CT molecular complexity index is 522. The summed E-state index contributed by atoms with van der Waals surface area (Å²) in [5, 5.41) is 15.7. The van der Waals surface area contributed by atoms with Crippen molar-refractivity contribution in [2.45, 2.75) is 12.8 Å². The van der Waals surface area contributed by atoms with E-state index >= 15 is 0 Å². The van der Waals surface area contributed by atoms with Crippen LogP contribution < -0.4 is 0 Å². The molecule has 1 aromatic heterocycles. The van der Waals surface area contributed by atoms with Crippen molar-refractivity contribution in [3.8, 4) is 11.5 Å². The lowest BCUT2D eigenvalue weighted by Crippen LogP contribution is -2.04. The summed E-state index contributed by atoms with van der Waals surface area (Å²) in [5.41, 5.74) is -0.634. The van der Waals surface area contributed by atoms with Crippen molar-refractivity contribution in [2.75, 3.05) is 0 Å². The van der Waals surface area contributed by atoms with Gasteiger partial charge in [0.25, 0.3) is 0 Å². The molecule has 0 bridgehead atoms. The lowest BCUT2D eigenvalue weighted by molar-refractivity contribution is -0.137. The van der Waals surface area contributed by atoms with Gasteiger partial charge < -0.3 is 9.52 Å². The number of aliphatic hydroxyl groups excluding tert-OH is 1. The smallest absolute Gasteiger partial charge is 0.416 e. The summed E-state index contributed by atoms with van der Waals surface area (Å²) in [6.45, 7) is -0.452. The fraction of sp³-hybridized carbons (Fsp3) is 0.200. The summed E-state index contributed by atoms with van der Waals surface area (Å²) in [4.78, 5) is 0. The molecule has 2 aromatic rings. The van der Waals surface area contributed by atoms with Crippen molar-refractivity contribution in [3.63, 3.8) is 0 Å². The summed E-state index contributed by atoms with van der Waals surface area (Å²) < 4.78 is 42.3. The zero-order valence-corrected chi connectivity index (χ0v) is 8.40. The van der Waals surface area contributed by atoms with Gasteiger partial charge in [0.2, 0.25) is 11.8 Å². The minimum Gasteiger partial charge on any atom is -0.418 e. The van der Waals surface area contributed by atoms with E-state index in [9.17, 15) is 13.2 Å². The Labute approximate surface area is 93.7 Å². The van der Waals surface area contributed by atoms with Crippen molar-refractivity contribution in [2.24, 2.45) is 0 Å². The minimum absolute atomic E-state index is 0.0441. The number of aromatic nitrogens is 2. The third-order valence-electron chi connectivity index (χ3n) is 2.04. The second-order valence-electron chi connectivity index (χ2n) is 3.24. The van der Waals surface area contributed by atoms with Crippen LogP contribution in [0.4, 0.5) is 13.2 Å². The molecule has 0 aliphatic rings. The van der Waals surface area contributed by atoms with Gasteiger partial charge in [-0.05, 0) is 18.2 Å². The number of nitrogens with zero attached hydrogens (tertiary/aromatic N) is 2. The van der Waals surface area contributed by atoms with E-state index in [0.29, 0.717) is 0 Å². The van der Waals surface area contributed by atoms with Crippen molar-refractivity contribution >= 4 is 0 Å². The van der Waals surface area contributed by atoms with Gasteiger partial charge in [0.15, 0.2) is 0 Å². The molecule has 0 amide bonds. The minimum atomic E-state index is -4.42. The maximum atomic E-state index is 12.4. The fourth-order valence-corrected chi connectivity index (χ4v) is 1.26. The Hall–Kier alpha value is -1.89. The van der Waals surface area contributed by atoms with Crippen molar-refractivity contribution < 1.29 is 22.7 Å². The molecular weight excluding hydrogens is 237 g/mol. The Morgan fingerprint density at radius 3 is 2.59 bits per heavy atom. The van der Waals surface area contributed by atoms with E-state index in [-0.39, 0.29) is 17.3 Å². The van der Waals surface area contributed by atoms with E-state index in [1.807, 2.05) is 0 Å². The first kappa shape index (κ1) is 11.6. The summed E-state index contributed by atoms with van der Waals surface area (Å²) >= 11 is 0. The van der Waals surface area contributed by atoms with E-state index in [0.717, 1.165) is 12.1 Å². The number of alkyl halides is 3. The third kappa shape index (κ3) is 2.44. The van der Waals surface area contributed by atoms with Crippen molar-refractivity contribution in [1.29, 1.82) is 0 Å². The summed E-state index contributed by atoms with van der Waals surface area (Å²) in [6, 6.07) is 4.53. The summed E-state index contributed by atoms with van der Waals surface area (Å²) in [7, 11) is 0. The Morgan fingerprint density at radius 1 is 1.24 bits per heavy atom. The number of hydrogen-bond donors (Lipinski definition) is 1. The summed E-state index contributed by atoms with van der Waals surface area (Å²) in [6.07, 6.45) is -4.42. The zero-order valence-electron chi connectivity index (χ0n) is 8.40. The van der Waals surface area contributed by atoms with E-state index < -0.39 is 18.3 Å². The van der Waals surface area contributed by atoms with Crippen LogP contribution >= 0.6 is 0 Å². The van der Waals surface area contributed by atoms with Gasteiger partial charge in [-0.3, -0.25) is 0 Å². The number of halogens is 3. The molecule has 90 valence electrons. The highest BCUT2D eigenvalue weighted by Gasteiger charge is 2.30. The Balaban J connectivity index is 2.39. The zero-order chi connectivity index (χ0) is 12.5. The number of benzene rings is 1. The lowest BCUT2D eigenvalue weighted by Gasteiger charge is -2.06. The van der Waals surface area contributed by atoms with Gasteiger partial charge in [-0.1, -0.05) is 6.07 Å². The SMILES string of the molecule is OCc1nnc(-c2cccc(C(F)(F)F)c2)o1. The van der Waals surface area contributed by atoms with Crippen LogP contribution in [0.1, 0.15) is 11.5 Å². The first-order chi connectivity index (χ1) is 8.00. The third-order valence-corrected chi connectivity index (χ3v) is 2.04. The molecular formula is C10H7F3N2O2. The molecule has 1 heterocycles. The molecule has 0 spiro atoms. The molecule has 1 aromatic carbocycles. The van der Waals surface area contributed by atoms with Gasteiger partial charge in [-0.2, -0.15) is 13.2 Å². The molecule has 17 heavy (non-hydrogen) atoms. The molecule has 0 radical (unpaired) electrons. The molecule has 1 N–H and O–H groups in total. The van der Waals surface area contributed by atoms with Crippen molar-refractivity contribution in [3.05, 3.63) is 35.7 Å².